The van der Waals surface area contributed by atoms with Crippen molar-refractivity contribution in [1.82, 2.24) is 9.97 Å². The first-order valence-electron chi connectivity index (χ1n) is 6.97. The number of anilines is 2. The van der Waals surface area contributed by atoms with Crippen LogP contribution >= 0.6 is 11.6 Å². The van der Waals surface area contributed by atoms with Crippen LogP contribution in [-0.4, -0.2) is 48.6 Å². The second kappa shape index (κ2) is 9.14. The first-order chi connectivity index (χ1) is 11.2. The zero-order chi connectivity index (χ0) is 16.5. The highest BCUT2D eigenvalue weighted by molar-refractivity contribution is 6.32. The largest absolute Gasteiger partial charge is 0.490 e. The highest BCUT2D eigenvalue weighted by Crippen LogP contribution is 2.29. The lowest BCUT2D eigenvalue weighted by Gasteiger charge is -2.11. The van der Waals surface area contributed by atoms with E-state index >= 15 is 0 Å². The minimum atomic E-state index is -0.0765. The number of aliphatic hydroxyl groups is 1. The number of hydrogen-bond donors (Lipinski definition) is 2. The van der Waals surface area contributed by atoms with Crippen LogP contribution in [0.5, 0.6) is 11.6 Å². The molecule has 0 unspecified atom stereocenters. The lowest BCUT2D eigenvalue weighted by atomic mass is 10.3. The number of benzene rings is 1. The van der Waals surface area contributed by atoms with Crippen LogP contribution in [-0.2, 0) is 4.74 Å². The van der Waals surface area contributed by atoms with Gasteiger partial charge >= 0.3 is 0 Å². The quantitative estimate of drug-likeness (QED) is 0.678. The lowest BCUT2D eigenvalue weighted by molar-refractivity contribution is 0.146. The Bertz CT molecular complexity index is 627. The van der Waals surface area contributed by atoms with Crippen molar-refractivity contribution in [3.05, 3.63) is 35.6 Å². The van der Waals surface area contributed by atoms with Crippen molar-refractivity contribution in [2.45, 2.75) is 0 Å². The van der Waals surface area contributed by atoms with E-state index in [0.717, 1.165) is 5.69 Å². The molecule has 23 heavy (non-hydrogen) atoms. The van der Waals surface area contributed by atoms with Gasteiger partial charge in [0.05, 0.1) is 18.2 Å². The van der Waals surface area contributed by atoms with E-state index < -0.39 is 0 Å². The Labute approximate surface area is 139 Å². The van der Waals surface area contributed by atoms with Crippen molar-refractivity contribution in [1.29, 1.82) is 0 Å². The summed E-state index contributed by atoms with van der Waals surface area (Å²) in [5.41, 5.74) is 0.751. The van der Waals surface area contributed by atoms with Gasteiger partial charge in [0.2, 0.25) is 5.88 Å². The molecular weight excluding hydrogens is 322 g/mol. The number of halogens is 1. The minimum Gasteiger partial charge on any atom is -0.490 e. The molecule has 124 valence electrons. The van der Waals surface area contributed by atoms with Gasteiger partial charge in [0, 0.05) is 18.9 Å². The van der Waals surface area contributed by atoms with Gasteiger partial charge in [-0.15, -0.1) is 0 Å². The van der Waals surface area contributed by atoms with Gasteiger partial charge in [-0.1, -0.05) is 11.6 Å². The minimum absolute atomic E-state index is 0.0765. The summed E-state index contributed by atoms with van der Waals surface area (Å²) in [5.74, 6) is 1.52. The highest BCUT2D eigenvalue weighted by atomic mass is 35.5. The van der Waals surface area contributed by atoms with Crippen molar-refractivity contribution in [3.63, 3.8) is 0 Å². The summed E-state index contributed by atoms with van der Waals surface area (Å²) >= 11 is 6.18. The van der Waals surface area contributed by atoms with Gasteiger partial charge in [0.1, 0.15) is 31.1 Å². The maximum atomic E-state index is 8.75. The van der Waals surface area contributed by atoms with Gasteiger partial charge in [0.25, 0.3) is 0 Å². The molecule has 1 aromatic carbocycles. The molecule has 0 atom stereocenters. The molecule has 0 fully saturated rings. The average molecular weight is 340 g/mol. The maximum absolute atomic E-state index is 8.75. The van der Waals surface area contributed by atoms with Crippen LogP contribution in [0.15, 0.2) is 30.6 Å². The molecule has 0 radical (unpaired) electrons. The van der Waals surface area contributed by atoms with E-state index in [-0.39, 0.29) is 13.2 Å². The van der Waals surface area contributed by atoms with Crippen molar-refractivity contribution in [2.75, 3.05) is 38.9 Å². The third-order valence-electron chi connectivity index (χ3n) is 2.73. The predicted octanol–water partition coefficient (Wildman–Crippen LogP) is 2.27. The van der Waals surface area contributed by atoms with E-state index in [1.54, 1.807) is 25.3 Å². The number of nitrogens with one attached hydrogen (secondary N) is 1. The first kappa shape index (κ1) is 17.3. The molecule has 0 saturated heterocycles. The van der Waals surface area contributed by atoms with Gasteiger partial charge in [-0.25, -0.2) is 9.97 Å². The van der Waals surface area contributed by atoms with Crippen molar-refractivity contribution in [2.24, 2.45) is 0 Å². The zero-order valence-electron chi connectivity index (χ0n) is 12.7. The van der Waals surface area contributed by atoms with Crippen molar-refractivity contribution >= 4 is 23.1 Å². The number of methoxy groups -OCH3 is 1. The zero-order valence-corrected chi connectivity index (χ0v) is 13.4. The first-order valence-corrected chi connectivity index (χ1v) is 7.34. The topological polar surface area (TPSA) is 85.7 Å². The molecule has 0 amide bonds. The van der Waals surface area contributed by atoms with Crippen LogP contribution in [0.4, 0.5) is 11.5 Å². The third kappa shape index (κ3) is 5.55. The molecule has 0 aliphatic heterocycles. The Balaban J connectivity index is 2.01. The molecule has 0 aliphatic rings. The van der Waals surface area contributed by atoms with Crippen LogP contribution in [0.1, 0.15) is 0 Å². The molecule has 2 rings (SSSR count). The summed E-state index contributed by atoms with van der Waals surface area (Å²) in [5, 5.41) is 12.3. The van der Waals surface area contributed by atoms with Gasteiger partial charge in [-0.3, -0.25) is 0 Å². The molecule has 1 heterocycles. The number of aliphatic hydroxyl groups excluding tert-OH is 1. The van der Waals surface area contributed by atoms with Crippen LogP contribution in [0.2, 0.25) is 5.02 Å². The normalized spacial score (nSPS) is 10.4. The van der Waals surface area contributed by atoms with Crippen molar-refractivity contribution in [3.8, 4) is 11.6 Å². The van der Waals surface area contributed by atoms with E-state index in [4.69, 9.17) is 30.9 Å². The number of hydrogen-bond acceptors (Lipinski definition) is 7. The Kier molecular flexibility index (Phi) is 6.86. The highest BCUT2D eigenvalue weighted by Gasteiger charge is 2.05. The third-order valence-corrected chi connectivity index (χ3v) is 3.03. The Morgan fingerprint density at radius 1 is 1.13 bits per heavy atom. The summed E-state index contributed by atoms with van der Waals surface area (Å²) in [7, 11) is 1.61. The standard InChI is InChI=1S/C15H18ClN3O4/c1-21-6-7-22-13-3-2-11(8-12(13)16)19-14-9-15(18-10-17-14)23-5-4-20/h2-3,8-10,20H,4-7H2,1H3,(H,17,18,19). The van der Waals surface area contributed by atoms with E-state index in [0.29, 0.717) is 35.7 Å². The SMILES string of the molecule is COCCOc1ccc(Nc2cc(OCCO)ncn2)cc1Cl. The molecule has 8 heteroatoms. The van der Waals surface area contributed by atoms with Crippen molar-refractivity contribution < 1.29 is 19.3 Å². The fourth-order valence-corrected chi connectivity index (χ4v) is 1.95. The Morgan fingerprint density at radius 2 is 2.00 bits per heavy atom. The molecule has 0 aliphatic carbocycles. The summed E-state index contributed by atoms with van der Waals surface area (Å²) in [6, 6.07) is 6.96. The summed E-state index contributed by atoms with van der Waals surface area (Å²) < 4.78 is 15.6. The molecule has 0 spiro atoms. The monoisotopic (exact) mass is 339 g/mol. The van der Waals surface area contributed by atoms with Crippen LogP contribution in [0, 0.1) is 0 Å². The van der Waals surface area contributed by atoms with Gasteiger partial charge in [-0.05, 0) is 18.2 Å². The number of nitrogens with zero attached hydrogens (tertiary/aromatic N) is 2. The van der Waals surface area contributed by atoms with Crippen LogP contribution in [0.3, 0.4) is 0 Å². The summed E-state index contributed by atoms with van der Waals surface area (Å²) in [6.45, 7) is 1.02. The number of ether oxygens (including phenoxy) is 3. The van der Waals surface area contributed by atoms with E-state index in [2.05, 4.69) is 15.3 Å². The van der Waals surface area contributed by atoms with Gasteiger partial charge in [-0.2, -0.15) is 0 Å². The molecule has 7 nitrogen and oxygen atoms in total. The van der Waals surface area contributed by atoms with Crippen LogP contribution < -0.4 is 14.8 Å². The number of rotatable bonds is 9. The lowest BCUT2D eigenvalue weighted by Crippen LogP contribution is -2.05. The van der Waals surface area contributed by atoms with Gasteiger partial charge < -0.3 is 24.6 Å². The van der Waals surface area contributed by atoms with Crippen LogP contribution in [0.25, 0.3) is 0 Å². The fourth-order valence-electron chi connectivity index (χ4n) is 1.72. The number of aromatic nitrogens is 2. The molecule has 0 bridgehead atoms. The fraction of sp³-hybridized carbons (Fsp3) is 0.333. The maximum Gasteiger partial charge on any atom is 0.218 e. The summed E-state index contributed by atoms with van der Waals surface area (Å²) in [6.07, 6.45) is 1.37. The second-order valence-electron chi connectivity index (χ2n) is 4.43. The smallest absolute Gasteiger partial charge is 0.218 e. The molecular formula is C15H18ClN3O4. The second-order valence-corrected chi connectivity index (χ2v) is 4.83. The molecule has 1 aromatic heterocycles. The van der Waals surface area contributed by atoms with Gasteiger partial charge in [0.15, 0.2) is 0 Å². The summed E-state index contributed by atoms with van der Waals surface area (Å²) in [4.78, 5) is 8.05. The Morgan fingerprint density at radius 3 is 2.74 bits per heavy atom. The molecule has 2 N–H and O–H groups in total. The average Bonchev–Trinajstić information content (AvgIpc) is 2.55. The Hall–Kier alpha value is -2.09. The molecule has 0 saturated carbocycles. The van der Waals surface area contributed by atoms with E-state index in [1.165, 1.54) is 6.33 Å². The predicted molar refractivity (Wildman–Crippen MR) is 86.7 cm³/mol. The van der Waals surface area contributed by atoms with E-state index in [9.17, 15) is 0 Å². The van der Waals surface area contributed by atoms with E-state index in [1.807, 2.05) is 6.07 Å². The molecule has 2 aromatic rings.